The first kappa shape index (κ1) is 30.8. The minimum absolute atomic E-state index is 0.436. The predicted octanol–water partition coefficient (Wildman–Crippen LogP) is 8.06. The number of carbonyl (C=O) groups excluding carboxylic acids is 1. The van der Waals surface area contributed by atoms with Crippen LogP contribution in [0.25, 0.3) is 0 Å². The molecule has 0 saturated carbocycles. The molecule has 1 aromatic rings. The molecule has 2 aliphatic rings. The number of nitrogens with zero attached hydrogens (tertiary/aromatic N) is 2. The Morgan fingerprint density at radius 1 is 0.605 bits per heavy atom. The average molecular weight is 527 g/mol. The highest BCUT2D eigenvalue weighted by molar-refractivity contribution is 5.99. The summed E-state index contributed by atoms with van der Waals surface area (Å²) in [5.41, 5.74) is 13.7. The number of hydrogen-bond acceptors (Lipinski definition) is 4. The molecule has 1 aromatic carbocycles. The molecular formula is C33H58N4O. The van der Waals surface area contributed by atoms with E-state index in [1.165, 1.54) is 148 Å². The van der Waals surface area contributed by atoms with Gasteiger partial charge in [-0.15, -0.1) is 0 Å². The van der Waals surface area contributed by atoms with E-state index in [-0.39, 0.29) is 0 Å². The van der Waals surface area contributed by atoms with Gasteiger partial charge in [-0.3, -0.25) is 4.79 Å². The smallest absolute Gasteiger partial charge is 0.250 e. The lowest BCUT2D eigenvalue weighted by Crippen LogP contribution is -2.37. The molecule has 2 heterocycles. The number of fused-ring (bicyclic) bond motifs is 3. The molecule has 2 bridgehead atoms. The molecule has 216 valence electrons. The van der Waals surface area contributed by atoms with Crippen LogP contribution in [0.2, 0.25) is 0 Å². The molecular weight excluding hydrogens is 468 g/mol. The van der Waals surface area contributed by atoms with Gasteiger partial charge >= 0.3 is 0 Å². The predicted molar refractivity (Wildman–Crippen MR) is 164 cm³/mol. The van der Waals surface area contributed by atoms with Crippen LogP contribution in [-0.2, 0) is 0 Å². The largest absolute Gasteiger partial charge is 0.398 e. The highest BCUT2D eigenvalue weighted by atomic mass is 16.1. The van der Waals surface area contributed by atoms with Gasteiger partial charge in [0.25, 0.3) is 5.91 Å². The van der Waals surface area contributed by atoms with E-state index in [0.717, 1.165) is 18.8 Å². The van der Waals surface area contributed by atoms with Crippen LogP contribution in [0.3, 0.4) is 0 Å². The Kier molecular flexibility index (Phi) is 15.0. The van der Waals surface area contributed by atoms with E-state index in [1.807, 2.05) is 12.1 Å². The van der Waals surface area contributed by atoms with Crippen LogP contribution in [0.15, 0.2) is 18.2 Å². The highest BCUT2D eigenvalue weighted by Crippen LogP contribution is 2.28. The molecule has 3 rings (SSSR count). The molecule has 0 spiro atoms. The molecule has 2 unspecified atom stereocenters. The van der Waals surface area contributed by atoms with Crippen LogP contribution in [0, 0.1) is 0 Å². The number of benzene rings is 1. The minimum atomic E-state index is -0.436. The van der Waals surface area contributed by atoms with Gasteiger partial charge in [0.15, 0.2) is 0 Å². The molecule has 38 heavy (non-hydrogen) atoms. The summed E-state index contributed by atoms with van der Waals surface area (Å²) in [5.74, 6) is -0.436. The number of hydrogen-bond donors (Lipinski definition) is 2. The summed E-state index contributed by atoms with van der Waals surface area (Å²) in [4.78, 5) is 17.2. The van der Waals surface area contributed by atoms with Gasteiger partial charge in [0.2, 0.25) is 0 Å². The van der Waals surface area contributed by atoms with Crippen molar-refractivity contribution in [3.8, 4) is 0 Å². The van der Waals surface area contributed by atoms with Crippen LogP contribution in [-0.4, -0.2) is 43.0 Å². The molecule has 2 aliphatic heterocycles. The molecule has 5 nitrogen and oxygen atoms in total. The Morgan fingerprint density at radius 3 is 1.63 bits per heavy atom. The number of carbonyl (C=O) groups is 1. The van der Waals surface area contributed by atoms with Crippen molar-refractivity contribution < 1.29 is 4.79 Å². The minimum Gasteiger partial charge on any atom is -0.398 e. The van der Waals surface area contributed by atoms with Crippen LogP contribution >= 0.6 is 0 Å². The van der Waals surface area contributed by atoms with Crippen molar-refractivity contribution in [1.29, 1.82) is 0 Å². The first-order valence-electron chi connectivity index (χ1n) is 16.3. The Labute approximate surface area is 234 Å². The number of amides is 1. The zero-order valence-corrected chi connectivity index (χ0v) is 24.4. The molecule has 5 heteroatoms. The summed E-state index contributed by atoms with van der Waals surface area (Å²) < 4.78 is 0. The van der Waals surface area contributed by atoms with Crippen LogP contribution in [0.4, 0.5) is 11.4 Å². The van der Waals surface area contributed by atoms with E-state index in [2.05, 4.69) is 15.9 Å². The Balaban J connectivity index is 1.56. The van der Waals surface area contributed by atoms with Gasteiger partial charge in [-0.05, 0) is 44.0 Å². The normalized spacial score (nSPS) is 25.1. The number of nitrogen functional groups attached to an aromatic ring is 1. The van der Waals surface area contributed by atoms with Crippen molar-refractivity contribution in [3.63, 3.8) is 0 Å². The first-order chi connectivity index (χ1) is 18.6. The molecule has 2 atom stereocenters. The maximum atomic E-state index is 12.0. The molecule has 4 N–H and O–H groups in total. The topological polar surface area (TPSA) is 75.6 Å². The lowest BCUT2D eigenvalue weighted by molar-refractivity contribution is 0.100. The Hall–Kier alpha value is -1.75. The SMILES string of the molecule is NC(=O)c1cc(N2CCN3CCCCCCCCCCCCCCCCCCCCCC2CC3)ccc1N. The van der Waals surface area contributed by atoms with Crippen LogP contribution in [0.5, 0.6) is 0 Å². The maximum Gasteiger partial charge on any atom is 0.250 e. The summed E-state index contributed by atoms with van der Waals surface area (Å²) in [7, 11) is 0. The number of rotatable bonds is 2. The van der Waals surface area contributed by atoms with Crippen LogP contribution < -0.4 is 16.4 Å². The number of nitrogens with two attached hydrogens (primary N) is 2. The molecule has 0 aliphatic carbocycles. The van der Waals surface area contributed by atoms with E-state index in [4.69, 9.17) is 11.5 Å². The van der Waals surface area contributed by atoms with Gasteiger partial charge in [0.1, 0.15) is 0 Å². The van der Waals surface area contributed by atoms with Crippen LogP contribution in [0.1, 0.15) is 145 Å². The molecule has 2 fully saturated rings. The zero-order chi connectivity index (χ0) is 26.8. The zero-order valence-electron chi connectivity index (χ0n) is 24.4. The standard InChI is InChI=1S/C33H58N4O/c34-32-22-21-30(28-31(32)33(35)38)37-27-26-36-24-19-17-15-13-11-9-7-5-3-1-2-4-6-8-10-12-14-16-18-20-29(37)23-25-36/h21-22,28-29H,1-20,23-27,34H2,(H2,35,38). The summed E-state index contributed by atoms with van der Waals surface area (Å²) in [6, 6.07) is 6.39. The fourth-order valence-electron chi connectivity index (χ4n) is 6.55. The first-order valence-corrected chi connectivity index (χ1v) is 16.3. The van der Waals surface area contributed by atoms with Gasteiger partial charge in [-0.2, -0.15) is 0 Å². The summed E-state index contributed by atoms with van der Waals surface area (Å²) >= 11 is 0. The van der Waals surface area contributed by atoms with E-state index in [0.29, 0.717) is 17.3 Å². The van der Waals surface area contributed by atoms with E-state index >= 15 is 0 Å². The summed E-state index contributed by atoms with van der Waals surface area (Å²) in [6.07, 6.45) is 29.1. The van der Waals surface area contributed by atoms with Crippen molar-refractivity contribution in [2.24, 2.45) is 5.73 Å². The van der Waals surface area contributed by atoms with Crippen molar-refractivity contribution in [2.45, 2.75) is 141 Å². The van der Waals surface area contributed by atoms with Gasteiger partial charge in [-0.25, -0.2) is 0 Å². The number of anilines is 2. The molecule has 0 aromatic heterocycles. The third kappa shape index (κ3) is 11.6. The monoisotopic (exact) mass is 526 g/mol. The fraction of sp³-hybridized carbons (Fsp3) is 0.788. The van der Waals surface area contributed by atoms with Gasteiger partial charge in [0, 0.05) is 37.1 Å². The summed E-state index contributed by atoms with van der Waals surface area (Å²) in [6.45, 7) is 4.49. The fourth-order valence-corrected chi connectivity index (χ4v) is 6.55. The lowest BCUT2D eigenvalue weighted by Gasteiger charge is -2.32. The molecule has 2 saturated heterocycles. The highest BCUT2D eigenvalue weighted by Gasteiger charge is 2.25. The quantitative estimate of drug-likeness (QED) is 0.382. The second-order valence-corrected chi connectivity index (χ2v) is 12.1. The second kappa shape index (κ2) is 18.5. The Morgan fingerprint density at radius 2 is 1.11 bits per heavy atom. The van der Waals surface area contributed by atoms with E-state index in [1.54, 1.807) is 0 Å². The average Bonchev–Trinajstić information content (AvgIpc) is 3.11. The third-order valence-electron chi connectivity index (χ3n) is 9.02. The van der Waals surface area contributed by atoms with Crippen molar-refractivity contribution >= 4 is 17.3 Å². The van der Waals surface area contributed by atoms with Crippen molar-refractivity contribution in [2.75, 3.05) is 36.8 Å². The summed E-state index contributed by atoms with van der Waals surface area (Å²) in [5, 5.41) is 0. The van der Waals surface area contributed by atoms with Crippen molar-refractivity contribution in [1.82, 2.24) is 4.90 Å². The third-order valence-corrected chi connectivity index (χ3v) is 9.02. The van der Waals surface area contributed by atoms with Crippen molar-refractivity contribution in [3.05, 3.63) is 23.8 Å². The van der Waals surface area contributed by atoms with E-state index in [9.17, 15) is 4.79 Å². The Bertz CT molecular complexity index is 782. The van der Waals surface area contributed by atoms with Gasteiger partial charge < -0.3 is 21.3 Å². The molecule has 0 radical (unpaired) electrons. The molecule has 1 amide bonds. The maximum absolute atomic E-state index is 12.0. The van der Waals surface area contributed by atoms with E-state index < -0.39 is 5.91 Å². The lowest BCUT2D eigenvalue weighted by atomic mass is 10.0. The van der Waals surface area contributed by atoms with Gasteiger partial charge in [0.05, 0.1) is 5.56 Å². The number of primary amides is 1. The second-order valence-electron chi connectivity index (χ2n) is 12.1. The van der Waals surface area contributed by atoms with Gasteiger partial charge in [-0.1, -0.05) is 116 Å².